The maximum Gasteiger partial charge on any atom is 0.270 e. The predicted molar refractivity (Wildman–Crippen MR) is 123 cm³/mol. The first-order valence-electron chi connectivity index (χ1n) is 9.87. The fraction of sp³-hybridized carbons (Fsp3) is 0.261. The summed E-state index contributed by atoms with van der Waals surface area (Å²) in [5.74, 6) is 0.253. The summed E-state index contributed by atoms with van der Waals surface area (Å²) in [5.41, 5.74) is 9.76. The first-order valence-corrected chi connectivity index (χ1v) is 10.3. The SMILES string of the molecule is CCNC(=S)NNC(=O)c1cc(-c2ccc([C@H](C)CC)cc2)nc2ccccc12. The molecule has 0 bridgehead atoms. The monoisotopic (exact) mass is 406 g/mol. The van der Waals surface area contributed by atoms with E-state index in [0.29, 0.717) is 23.1 Å². The highest BCUT2D eigenvalue weighted by Crippen LogP contribution is 2.27. The molecule has 0 unspecified atom stereocenters. The van der Waals surface area contributed by atoms with Crippen LogP contribution >= 0.6 is 12.2 Å². The molecule has 0 aliphatic heterocycles. The lowest BCUT2D eigenvalue weighted by Gasteiger charge is -2.13. The number of benzene rings is 2. The van der Waals surface area contributed by atoms with Crippen LogP contribution in [-0.4, -0.2) is 22.5 Å². The van der Waals surface area contributed by atoms with E-state index < -0.39 is 0 Å². The van der Waals surface area contributed by atoms with E-state index in [4.69, 9.17) is 17.2 Å². The van der Waals surface area contributed by atoms with Crippen LogP contribution < -0.4 is 16.2 Å². The second-order valence-electron chi connectivity index (χ2n) is 6.94. The Hall–Kier alpha value is -2.99. The second-order valence-corrected chi connectivity index (χ2v) is 7.35. The van der Waals surface area contributed by atoms with Crippen LogP contribution in [0.3, 0.4) is 0 Å². The lowest BCUT2D eigenvalue weighted by molar-refractivity contribution is 0.0945. The summed E-state index contributed by atoms with van der Waals surface area (Å²) in [5, 5.41) is 4.11. The number of aromatic nitrogens is 1. The van der Waals surface area contributed by atoms with Gasteiger partial charge in [0.15, 0.2) is 5.11 Å². The van der Waals surface area contributed by atoms with Crippen molar-refractivity contribution in [2.24, 2.45) is 0 Å². The lowest BCUT2D eigenvalue weighted by Crippen LogP contribution is -2.46. The van der Waals surface area contributed by atoms with Crippen molar-refractivity contribution in [2.75, 3.05) is 6.54 Å². The van der Waals surface area contributed by atoms with Crippen LogP contribution in [0.5, 0.6) is 0 Å². The molecule has 5 nitrogen and oxygen atoms in total. The third-order valence-electron chi connectivity index (χ3n) is 4.98. The van der Waals surface area contributed by atoms with Gasteiger partial charge in [-0.25, -0.2) is 4.98 Å². The maximum atomic E-state index is 12.8. The normalized spacial score (nSPS) is 11.7. The number of pyridine rings is 1. The minimum Gasteiger partial charge on any atom is -0.362 e. The maximum absolute atomic E-state index is 12.8. The largest absolute Gasteiger partial charge is 0.362 e. The molecule has 150 valence electrons. The van der Waals surface area contributed by atoms with E-state index in [0.717, 1.165) is 28.6 Å². The van der Waals surface area contributed by atoms with E-state index in [9.17, 15) is 4.79 Å². The number of carbonyl (C=O) groups is 1. The number of carbonyl (C=O) groups excluding carboxylic acids is 1. The van der Waals surface area contributed by atoms with Gasteiger partial charge in [-0.3, -0.25) is 15.6 Å². The topological polar surface area (TPSA) is 66.0 Å². The molecule has 0 spiro atoms. The molecule has 3 N–H and O–H groups in total. The van der Waals surface area contributed by atoms with Crippen LogP contribution in [0, 0.1) is 0 Å². The van der Waals surface area contributed by atoms with Gasteiger partial charge in [0, 0.05) is 17.5 Å². The van der Waals surface area contributed by atoms with Gasteiger partial charge in [0.25, 0.3) is 5.91 Å². The van der Waals surface area contributed by atoms with E-state index in [1.54, 1.807) is 0 Å². The Bertz CT molecular complexity index is 1020. The van der Waals surface area contributed by atoms with Crippen LogP contribution in [0.1, 0.15) is 49.0 Å². The zero-order valence-corrected chi connectivity index (χ0v) is 17.8. The minimum atomic E-state index is -0.263. The fourth-order valence-corrected chi connectivity index (χ4v) is 3.31. The van der Waals surface area contributed by atoms with Crippen molar-refractivity contribution in [1.82, 2.24) is 21.2 Å². The zero-order valence-electron chi connectivity index (χ0n) is 17.0. The number of hydrazine groups is 1. The number of para-hydroxylation sites is 1. The molecule has 3 aromatic rings. The number of fused-ring (bicyclic) bond motifs is 1. The van der Waals surface area contributed by atoms with Crippen LogP contribution in [-0.2, 0) is 0 Å². The Labute approximate surface area is 176 Å². The molecule has 0 fully saturated rings. The minimum absolute atomic E-state index is 0.263. The molecule has 3 rings (SSSR count). The van der Waals surface area contributed by atoms with Gasteiger partial charge in [0.1, 0.15) is 0 Å². The molecule has 2 aromatic carbocycles. The van der Waals surface area contributed by atoms with E-state index in [-0.39, 0.29) is 5.91 Å². The molecule has 1 amide bonds. The lowest BCUT2D eigenvalue weighted by atomic mass is 9.96. The molecule has 0 radical (unpaired) electrons. The third kappa shape index (κ3) is 4.90. The van der Waals surface area contributed by atoms with Crippen molar-refractivity contribution in [3.8, 4) is 11.3 Å². The molecule has 1 heterocycles. The van der Waals surface area contributed by atoms with Crippen LogP contribution in [0.2, 0.25) is 0 Å². The quantitative estimate of drug-likeness (QED) is 0.429. The molecule has 0 aliphatic rings. The molecule has 29 heavy (non-hydrogen) atoms. The summed E-state index contributed by atoms with van der Waals surface area (Å²) in [7, 11) is 0. The molecule has 1 atom stereocenters. The Morgan fingerprint density at radius 3 is 2.48 bits per heavy atom. The van der Waals surface area contributed by atoms with Crippen LogP contribution in [0.4, 0.5) is 0 Å². The van der Waals surface area contributed by atoms with Gasteiger partial charge in [-0.2, -0.15) is 0 Å². The number of hydrogen-bond donors (Lipinski definition) is 3. The van der Waals surface area contributed by atoms with E-state index >= 15 is 0 Å². The smallest absolute Gasteiger partial charge is 0.270 e. The highest BCUT2D eigenvalue weighted by atomic mass is 32.1. The molecule has 0 saturated carbocycles. The summed E-state index contributed by atoms with van der Waals surface area (Å²) in [6.07, 6.45) is 1.10. The van der Waals surface area contributed by atoms with Gasteiger partial charge in [-0.15, -0.1) is 0 Å². The first-order chi connectivity index (χ1) is 14.0. The van der Waals surface area contributed by atoms with Crippen molar-refractivity contribution >= 4 is 34.1 Å². The van der Waals surface area contributed by atoms with Crippen molar-refractivity contribution < 1.29 is 4.79 Å². The first kappa shape index (κ1) is 20.7. The Balaban J connectivity index is 1.95. The Morgan fingerprint density at radius 2 is 1.79 bits per heavy atom. The number of rotatable bonds is 5. The highest BCUT2D eigenvalue weighted by Gasteiger charge is 2.14. The zero-order chi connectivity index (χ0) is 20.8. The standard InChI is InChI=1S/C23H26N4OS/c1-4-15(3)16-10-12-17(13-11-16)21-14-19(18-8-6-7-9-20(18)25-21)22(28)26-27-23(29)24-5-2/h6-15H,4-5H2,1-3H3,(H,26,28)(H2,24,27,29)/t15-/m1/s1. The molecular weight excluding hydrogens is 380 g/mol. The number of nitrogens with one attached hydrogen (secondary N) is 3. The summed E-state index contributed by atoms with van der Waals surface area (Å²) >= 11 is 5.11. The van der Waals surface area contributed by atoms with Gasteiger partial charge >= 0.3 is 0 Å². The average molecular weight is 407 g/mol. The molecule has 0 aliphatic carbocycles. The van der Waals surface area contributed by atoms with Crippen molar-refractivity contribution in [3.05, 3.63) is 65.7 Å². The number of nitrogens with zero attached hydrogens (tertiary/aromatic N) is 1. The summed E-state index contributed by atoms with van der Waals surface area (Å²) < 4.78 is 0. The number of hydrogen-bond acceptors (Lipinski definition) is 3. The summed E-state index contributed by atoms with van der Waals surface area (Å²) in [4.78, 5) is 17.6. The number of amides is 1. The van der Waals surface area contributed by atoms with Crippen molar-refractivity contribution in [2.45, 2.75) is 33.1 Å². The van der Waals surface area contributed by atoms with E-state index in [2.05, 4.69) is 54.3 Å². The second kappa shape index (κ2) is 9.47. The predicted octanol–water partition coefficient (Wildman–Crippen LogP) is 4.54. The van der Waals surface area contributed by atoms with Crippen LogP contribution in [0.25, 0.3) is 22.2 Å². The Morgan fingerprint density at radius 1 is 1.07 bits per heavy atom. The number of thiocarbonyl (C=S) groups is 1. The third-order valence-corrected chi connectivity index (χ3v) is 5.22. The highest BCUT2D eigenvalue weighted by molar-refractivity contribution is 7.80. The average Bonchev–Trinajstić information content (AvgIpc) is 2.76. The summed E-state index contributed by atoms with van der Waals surface area (Å²) in [6.45, 7) is 7.02. The molecular formula is C23H26N4OS. The van der Waals surface area contributed by atoms with Gasteiger partial charge in [0.05, 0.1) is 16.8 Å². The van der Waals surface area contributed by atoms with Gasteiger partial charge < -0.3 is 5.32 Å². The molecule has 6 heteroatoms. The van der Waals surface area contributed by atoms with Gasteiger partial charge in [-0.1, -0.05) is 56.3 Å². The van der Waals surface area contributed by atoms with Gasteiger partial charge in [0.2, 0.25) is 0 Å². The van der Waals surface area contributed by atoms with Gasteiger partial charge in [-0.05, 0) is 49.2 Å². The Kier molecular flexibility index (Phi) is 6.77. The van der Waals surface area contributed by atoms with Crippen molar-refractivity contribution in [3.63, 3.8) is 0 Å². The fourth-order valence-electron chi connectivity index (χ4n) is 3.11. The van der Waals surface area contributed by atoms with Crippen LogP contribution in [0.15, 0.2) is 54.6 Å². The molecule has 1 aromatic heterocycles. The van der Waals surface area contributed by atoms with E-state index in [1.165, 1.54) is 5.56 Å². The molecule has 0 saturated heterocycles. The van der Waals surface area contributed by atoms with Crippen molar-refractivity contribution in [1.29, 1.82) is 0 Å². The van der Waals surface area contributed by atoms with E-state index in [1.807, 2.05) is 37.3 Å². The summed E-state index contributed by atoms with van der Waals surface area (Å²) in [6, 6.07) is 17.9.